The average Bonchev–Trinajstić information content (AvgIpc) is 1.86. The van der Waals surface area contributed by atoms with E-state index in [0.717, 1.165) is 11.1 Å². The minimum Gasteiger partial charge on any atom is -0.318 e. The first-order chi connectivity index (χ1) is 5.00. The van der Waals surface area contributed by atoms with Crippen molar-refractivity contribution >= 4 is 12.6 Å². The molecule has 2 nitrogen and oxygen atoms in total. The third-order valence-corrected chi connectivity index (χ3v) is 2.78. The lowest BCUT2D eigenvalue weighted by molar-refractivity contribution is 0.587. The van der Waals surface area contributed by atoms with Crippen LogP contribution in [0.25, 0.3) is 0 Å². The molecule has 1 aromatic rings. The van der Waals surface area contributed by atoms with E-state index in [0.29, 0.717) is 0 Å². The Morgan fingerprint density at radius 1 is 1.36 bits per heavy atom. The second-order valence-corrected chi connectivity index (χ2v) is 6.15. The Morgan fingerprint density at radius 2 is 2.00 bits per heavy atom. The van der Waals surface area contributed by atoms with Crippen LogP contribution in [-0.2, 0) is 4.57 Å². The van der Waals surface area contributed by atoms with E-state index in [1.807, 2.05) is 25.1 Å². The van der Waals surface area contributed by atoms with Gasteiger partial charge in [-0.15, -0.1) is 0 Å². The van der Waals surface area contributed by atoms with Gasteiger partial charge in [0.05, 0.1) is 5.44 Å². The Balaban J connectivity index is 3.17. The molecule has 60 valence electrons. The molecule has 0 amide bonds. The first-order valence-corrected chi connectivity index (χ1v) is 6.09. The maximum atomic E-state index is 11.5. The Kier molecular flexibility index (Phi) is 2.15. The van der Waals surface area contributed by atoms with Crippen molar-refractivity contribution in [1.29, 1.82) is 0 Å². The fraction of sp³-hybridized carbons (Fsp3) is 0.375. The summed E-state index contributed by atoms with van der Waals surface area (Å²) in [4.78, 5) is 4.18. The smallest absolute Gasteiger partial charge is 0.127 e. The third kappa shape index (κ3) is 2.16. The van der Waals surface area contributed by atoms with Gasteiger partial charge in [0.2, 0.25) is 0 Å². The SMILES string of the molecule is Cc1cccc(P(C)(C)=O)n1. The van der Waals surface area contributed by atoms with Crippen molar-refractivity contribution in [2.24, 2.45) is 0 Å². The highest BCUT2D eigenvalue weighted by molar-refractivity contribution is 7.69. The summed E-state index contributed by atoms with van der Waals surface area (Å²) in [6.07, 6.45) is 0. The number of hydrogen-bond acceptors (Lipinski definition) is 2. The summed E-state index contributed by atoms with van der Waals surface area (Å²) in [5.41, 5.74) is 1.64. The first-order valence-electron chi connectivity index (χ1n) is 3.49. The average molecular weight is 169 g/mol. The topological polar surface area (TPSA) is 30.0 Å². The summed E-state index contributed by atoms with van der Waals surface area (Å²) >= 11 is 0. The van der Waals surface area contributed by atoms with Crippen molar-refractivity contribution in [1.82, 2.24) is 4.98 Å². The summed E-state index contributed by atoms with van der Waals surface area (Å²) in [7, 11) is -2.16. The molecule has 0 aromatic carbocycles. The second-order valence-electron chi connectivity index (χ2n) is 2.99. The number of rotatable bonds is 1. The molecule has 0 aliphatic heterocycles. The molecule has 1 rings (SSSR count). The van der Waals surface area contributed by atoms with Gasteiger partial charge in [-0.3, -0.25) is 4.98 Å². The molecule has 1 heterocycles. The zero-order valence-corrected chi connectivity index (χ0v) is 7.93. The van der Waals surface area contributed by atoms with Gasteiger partial charge in [0.15, 0.2) is 0 Å². The molecule has 0 aliphatic rings. The Bertz CT molecular complexity index is 303. The molecule has 3 heteroatoms. The molecule has 0 radical (unpaired) electrons. The molecule has 0 unspecified atom stereocenters. The van der Waals surface area contributed by atoms with Crippen molar-refractivity contribution in [3.8, 4) is 0 Å². The lowest BCUT2D eigenvalue weighted by Crippen LogP contribution is -2.08. The zero-order valence-electron chi connectivity index (χ0n) is 7.03. The number of aromatic nitrogens is 1. The second kappa shape index (κ2) is 2.78. The minimum atomic E-state index is -2.16. The summed E-state index contributed by atoms with van der Waals surface area (Å²) < 4.78 is 11.5. The van der Waals surface area contributed by atoms with Gasteiger partial charge in [0.1, 0.15) is 7.14 Å². The quantitative estimate of drug-likeness (QED) is 0.598. The highest BCUT2D eigenvalue weighted by Gasteiger charge is 2.11. The number of nitrogens with zero attached hydrogens (tertiary/aromatic N) is 1. The Labute approximate surface area is 67.0 Å². The molecule has 11 heavy (non-hydrogen) atoms. The van der Waals surface area contributed by atoms with Crippen LogP contribution in [-0.4, -0.2) is 18.3 Å². The number of hydrogen-bond donors (Lipinski definition) is 0. The number of aryl methyl sites for hydroxylation is 1. The first kappa shape index (κ1) is 8.48. The van der Waals surface area contributed by atoms with Gasteiger partial charge in [0.25, 0.3) is 0 Å². The maximum absolute atomic E-state index is 11.5. The van der Waals surface area contributed by atoms with Crippen molar-refractivity contribution in [2.45, 2.75) is 6.92 Å². The van der Waals surface area contributed by atoms with Crippen molar-refractivity contribution in [3.63, 3.8) is 0 Å². The monoisotopic (exact) mass is 169 g/mol. The largest absolute Gasteiger partial charge is 0.318 e. The molecule has 0 bridgehead atoms. The molecular formula is C8H12NOP. The Hall–Kier alpha value is -0.620. The van der Waals surface area contributed by atoms with Gasteiger partial charge < -0.3 is 4.57 Å². The van der Waals surface area contributed by atoms with Crippen LogP contribution in [0.1, 0.15) is 5.69 Å². The van der Waals surface area contributed by atoms with Gasteiger partial charge in [-0.1, -0.05) is 6.07 Å². The minimum absolute atomic E-state index is 0.720. The summed E-state index contributed by atoms with van der Waals surface area (Å²) in [5.74, 6) is 0. The van der Waals surface area contributed by atoms with Crippen LogP contribution >= 0.6 is 7.14 Å². The van der Waals surface area contributed by atoms with Crippen LogP contribution in [0.3, 0.4) is 0 Å². The summed E-state index contributed by atoms with van der Waals surface area (Å²) in [5, 5.41) is 0. The lowest BCUT2D eigenvalue weighted by Gasteiger charge is -2.05. The van der Waals surface area contributed by atoms with E-state index < -0.39 is 7.14 Å². The van der Waals surface area contributed by atoms with Gasteiger partial charge in [0, 0.05) is 5.69 Å². The number of pyridine rings is 1. The van der Waals surface area contributed by atoms with Gasteiger partial charge in [-0.25, -0.2) is 0 Å². The molecule has 1 aromatic heterocycles. The normalized spacial score (nSPS) is 11.5. The van der Waals surface area contributed by atoms with Crippen molar-refractivity contribution < 1.29 is 4.57 Å². The van der Waals surface area contributed by atoms with E-state index in [4.69, 9.17) is 0 Å². The van der Waals surface area contributed by atoms with Crippen LogP contribution in [0.2, 0.25) is 0 Å². The molecule has 0 saturated heterocycles. The molecular weight excluding hydrogens is 157 g/mol. The van der Waals surface area contributed by atoms with Gasteiger partial charge >= 0.3 is 0 Å². The highest BCUT2D eigenvalue weighted by Crippen LogP contribution is 2.33. The van der Waals surface area contributed by atoms with Gasteiger partial charge in [-0.2, -0.15) is 0 Å². The van der Waals surface area contributed by atoms with E-state index in [9.17, 15) is 4.57 Å². The molecule has 0 spiro atoms. The maximum Gasteiger partial charge on any atom is 0.127 e. The predicted molar refractivity (Wildman–Crippen MR) is 48.1 cm³/mol. The predicted octanol–water partition coefficient (Wildman–Crippen LogP) is 1.64. The molecule has 0 saturated carbocycles. The third-order valence-electron chi connectivity index (χ3n) is 1.43. The van der Waals surface area contributed by atoms with Crippen LogP contribution < -0.4 is 5.44 Å². The van der Waals surface area contributed by atoms with E-state index >= 15 is 0 Å². The van der Waals surface area contributed by atoms with E-state index in [1.165, 1.54) is 0 Å². The summed E-state index contributed by atoms with van der Waals surface area (Å²) in [6, 6.07) is 5.60. The van der Waals surface area contributed by atoms with Crippen molar-refractivity contribution in [2.75, 3.05) is 13.3 Å². The highest BCUT2D eigenvalue weighted by atomic mass is 31.2. The van der Waals surface area contributed by atoms with Crippen molar-refractivity contribution in [3.05, 3.63) is 23.9 Å². The van der Waals surface area contributed by atoms with Crippen LogP contribution in [0.5, 0.6) is 0 Å². The molecule has 0 fully saturated rings. The van der Waals surface area contributed by atoms with Gasteiger partial charge in [-0.05, 0) is 32.4 Å². The van der Waals surface area contributed by atoms with E-state index in [1.54, 1.807) is 13.3 Å². The Morgan fingerprint density at radius 3 is 2.36 bits per heavy atom. The van der Waals surface area contributed by atoms with Crippen LogP contribution in [0, 0.1) is 6.92 Å². The zero-order chi connectivity index (χ0) is 8.48. The van der Waals surface area contributed by atoms with E-state index in [-0.39, 0.29) is 0 Å². The molecule has 0 atom stereocenters. The van der Waals surface area contributed by atoms with E-state index in [2.05, 4.69) is 4.98 Å². The standard InChI is InChI=1S/C8H12NOP/c1-7-5-4-6-8(9-7)11(2,3)10/h4-6H,1-3H3. The summed E-state index contributed by atoms with van der Waals surface area (Å²) in [6.45, 7) is 5.36. The van der Waals surface area contributed by atoms with Crippen LogP contribution in [0.4, 0.5) is 0 Å². The lowest BCUT2D eigenvalue weighted by atomic mass is 10.4. The van der Waals surface area contributed by atoms with Crippen LogP contribution in [0.15, 0.2) is 18.2 Å². The fourth-order valence-corrected chi connectivity index (χ4v) is 1.67. The molecule has 0 N–H and O–H groups in total. The molecule has 0 aliphatic carbocycles. The fourth-order valence-electron chi connectivity index (χ4n) is 0.829.